The second-order valence-corrected chi connectivity index (χ2v) is 7.90. The van der Waals surface area contributed by atoms with E-state index in [0.717, 1.165) is 45.9 Å². The average molecular weight is 344 g/mol. The molecular weight excluding hydrogens is 320 g/mol. The van der Waals surface area contributed by atoms with Crippen molar-refractivity contribution in [3.05, 3.63) is 41.1 Å². The van der Waals surface area contributed by atoms with Crippen molar-refractivity contribution in [3.63, 3.8) is 0 Å². The van der Waals surface area contributed by atoms with Crippen LogP contribution in [0.1, 0.15) is 17.8 Å². The van der Waals surface area contributed by atoms with Crippen LogP contribution in [0.2, 0.25) is 0 Å². The van der Waals surface area contributed by atoms with Crippen molar-refractivity contribution < 1.29 is 4.74 Å². The highest BCUT2D eigenvalue weighted by Crippen LogP contribution is 2.35. The van der Waals surface area contributed by atoms with E-state index >= 15 is 0 Å². The van der Waals surface area contributed by atoms with Gasteiger partial charge in [-0.3, -0.25) is 9.88 Å². The normalized spacial score (nSPS) is 25.8. The molecule has 2 aromatic rings. The smallest absolute Gasteiger partial charge is 0.107 e. The Morgan fingerprint density at radius 2 is 2.25 bits per heavy atom. The van der Waals surface area contributed by atoms with E-state index in [4.69, 9.17) is 4.74 Å². The summed E-state index contributed by atoms with van der Waals surface area (Å²) >= 11 is 1.75. The van der Waals surface area contributed by atoms with Gasteiger partial charge in [0.15, 0.2) is 0 Å². The molecule has 1 spiro atoms. The Bertz CT molecular complexity index is 636. The first kappa shape index (κ1) is 16.0. The Kier molecular flexibility index (Phi) is 4.78. The first-order valence-electron chi connectivity index (χ1n) is 8.67. The average Bonchev–Trinajstić information content (AvgIpc) is 3.03. The third-order valence-corrected chi connectivity index (χ3v) is 5.80. The van der Waals surface area contributed by atoms with Crippen molar-refractivity contribution >= 4 is 17.0 Å². The van der Waals surface area contributed by atoms with E-state index in [1.165, 1.54) is 23.5 Å². The molecular formula is C18H24N4OS. The van der Waals surface area contributed by atoms with Crippen molar-refractivity contribution in [2.75, 3.05) is 44.3 Å². The van der Waals surface area contributed by atoms with Gasteiger partial charge < -0.3 is 9.64 Å². The van der Waals surface area contributed by atoms with Crippen LogP contribution in [0.25, 0.3) is 0 Å². The van der Waals surface area contributed by atoms with Crippen molar-refractivity contribution in [1.82, 2.24) is 14.9 Å². The van der Waals surface area contributed by atoms with Gasteiger partial charge in [-0.1, -0.05) is 0 Å². The second kappa shape index (κ2) is 7.17. The fourth-order valence-corrected chi connectivity index (χ4v) is 4.63. The predicted molar refractivity (Wildman–Crippen MR) is 96.3 cm³/mol. The van der Waals surface area contributed by atoms with Crippen LogP contribution in [0.15, 0.2) is 36.1 Å². The maximum atomic E-state index is 6.02. The van der Waals surface area contributed by atoms with Gasteiger partial charge in [0.25, 0.3) is 0 Å². The number of aromatic nitrogens is 2. The monoisotopic (exact) mass is 344 g/mol. The number of ether oxygens (including phenoxy) is 1. The fourth-order valence-electron chi connectivity index (χ4n) is 3.97. The van der Waals surface area contributed by atoms with Crippen LogP contribution >= 0.6 is 11.3 Å². The molecule has 0 radical (unpaired) electrons. The van der Waals surface area contributed by atoms with Gasteiger partial charge in [0.2, 0.25) is 0 Å². The molecule has 0 aliphatic carbocycles. The van der Waals surface area contributed by atoms with E-state index in [0.29, 0.717) is 0 Å². The SMILES string of the molecule is c1cncc(N2CCOC[C@@]3(CCCN(Cc4nccs4)C3)C2)c1. The van der Waals surface area contributed by atoms with Gasteiger partial charge in [-0.25, -0.2) is 4.98 Å². The molecule has 4 rings (SSSR count). The lowest BCUT2D eigenvalue weighted by molar-refractivity contribution is 0.0106. The summed E-state index contributed by atoms with van der Waals surface area (Å²) in [4.78, 5) is 13.7. The largest absolute Gasteiger partial charge is 0.379 e. The van der Waals surface area contributed by atoms with Crippen LogP contribution in [0.4, 0.5) is 5.69 Å². The molecule has 4 heterocycles. The minimum Gasteiger partial charge on any atom is -0.379 e. The number of hydrogen-bond acceptors (Lipinski definition) is 6. The molecule has 0 aromatic carbocycles. The summed E-state index contributed by atoms with van der Waals surface area (Å²) in [6.07, 6.45) is 8.17. The number of hydrogen-bond donors (Lipinski definition) is 0. The van der Waals surface area contributed by atoms with Gasteiger partial charge in [0.1, 0.15) is 5.01 Å². The summed E-state index contributed by atoms with van der Waals surface area (Å²) in [5, 5.41) is 3.28. The topological polar surface area (TPSA) is 41.5 Å². The van der Waals surface area contributed by atoms with Gasteiger partial charge in [-0.05, 0) is 31.5 Å². The Labute approximate surface area is 147 Å². The third kappa shape index (κ3) is 3.61. The molecule has 2 aliphatic heterocycles. The lowest BCUT2D eigenvalue weighted by Gasteiger charge is -2.43. The van der Waals surface area contributed by atoms with Gasteiger partial charge in [-0.2, -0.15) is 0 Å². The summed E-state index contributed by atoms with van der Waals surface area (Å²) in [6.45, 7) is 6.86. The summed E-state index contributed by atoms with van der Waals surface area (Å²) < 4.78 is 6.02. The van der Waals surface area contributed by atoms with Gasteiger partial charge >= 0.3 is 0 Å². The number of rotatable bonds is 3. The third-order valence-electron chi connectivity index (χ3n) is 5.03. The van der Waals surface area contributed by atoms with Crippen LogP contribution in [0.5, 0.6) is 0 Å². The molecule has 24 heavy (non-hydrogen) atoms. The van der Waals surface area contributed by atoms with E-state index in [9.17, 15) is 0 Å². The summed E-state index contributed by atoms with van der Waals surface area (Å²) in [5.74, 6) is 0. The van der Waals surface area contributed by atoms with Crippen molar-refractivity contribution in [3.8, 4) is 0 Å². The molecule has 0 bridgehead atoms. The Hall–Kier alpha value is -1.50. The molecule has 2 saturated heterocycles. The van der Waals surface area contributed by atoms with Gasteiger partial charge in [0, 0.05) is 42.8 Å². The second-order valence-electron chi connectivity index (χ2n) is 6.93. The number of thiazole rings is 1. The van der Waals surface area contributed by atoms with Crippen LogP contribution in [0.3, 0.4) is 0 Å². The van der Waals surface area contributed by atoms with Crippen LogP contribution in [0, 0.1) is 5.41 Å². The Morgan fingerprint density at radius 3 is 3.08 bits per heavy atom. The molecule has 0 unspecified atom stereocenters. The zero-order valence-electron chi connectivity index (χ0n) is 13.9. The van der Waals surface area contributed by atoms with Gasteiger partial charge in [-0.15, -0.1) is 11.3 Å². The molecule has 2 aliphatic rings. The first-order valence-corrected chi connectivity index (χ1v) is 9.54. The summed E-state index contributed by atoms with van der Waals surface area (Å²) in [5.41, 5.74) is 1.42. The predicted octanol–water partition coefficient (Wildman–Crippen LogP) is 2.66. The Morgan fingerprint density at radius 1 is 1.25 bits per heavy atom. The quantitative estimate of drug-likeness (QED) is 0.856. The molecule has 128 valence electrons. The highest BCUT2D eigenvalue weighted by molar-refractivity contribution is 7.09. The maximum absolute atomic E-state index is 6.02. The molecule has 0 saturated carbocycles. The van der Waals surface area contributed by atoms with E-state index < -0.39 is 0 Å². The molecule has 2 aromatic heterocycles. The molecule has 0 amide bonds. The minimum atomic E-state index is 0.210. The molecule has 6 heteroatoms. The minimum absolute atomic E-state index is 0.210. The first-order chi connectivity index (χ1) is 11.8. The fraction of sp³-hybridized carbons (Fsp3) is 0.556. The number of piperidine rings is 1. The van der Waals surface area contributed by atoms with Gasteiger partial charge in [0.05, 0.1) is 31.6 Å². The lowest BCUT2D eigenvalue weighted by atomic mass is 9.80. The van der Waals surface area contributed by atoms with Crippen LogP contribution in [-0.2, 0) is 11.3 Å². The maximum Gasteiger partial charge on any atom is 0.107 e. The number of anilines is 1. The molecule has 5 nitrogen and oxygen atoms in total. The van der Waals surface area contributed by atoms with Crippen molar-refractivity contribution in [2.24, 2.45) is 5.41 Å². The summed E-state index contributed by atoms with van der Waals surface area (Å²) in [6, 6.07) is 4.17. The lowest BCUT2D eigenvalue weighted by Crippen LogP contribution is -2.50. The molecule has 0 N–H and O–H groups in total. The van der Waals surface area contributed by atoms with E-state index in [1.807, 2.05) is 24.7 Å². The molecule has 1 atom stereocenters. The Balaban J connectivity index is 1.49. The zero-order chi connectivity index (χ0) is 16.2. The van der Waals surface area contributed by atoms with Crippen molar-refractivity contribution in [1.29, 1.82) is 0 Å². The van der Waals surface area contributed by atoms with Crippen molar-refractivity contribution in [2.45, 2.75) is 19.4 Å². The number of nitrogens with zero attached hydrogens (tertiary/aromatic N) is 4. The zero-order valence-corrected chi connectivity index (χ0v) is 14.7. The number of likely N-dealkylation sites (tertiary alicyclic amines) is 1. The van der Waals surface area contributed by atoms with E-state index in [-0.39, 0.29) is 5.41 Å². The summed E-state index contributed by atoms with van der Waals surface area (Å²) in [7, 11) is 0. The molecule has 2 fully saturated rings. The highest BCUT2D eigenvalue weighted by atomic mass is 32.1. The highest BCUT2D eigenvalue weighted by Gasteiger charge is 2.39. The van der Waals surface area contributed by atoms with E-state index in [2.05, 4.69) is 31.2 Å². The standard InChI is InChI=1S/C18H24N4OS/c1-3-16(11-19-5-1)22-8-9-23-15-18(14-22)4-2-7-21(13-18)12-17-20-6-10-24-17/h1,3,5-6,10-11H,2,4,7-9,12-15H2/t18-/m1/s1. The van der Waals surface area contributed by atoms with Crippen LogP contribution < -0.4 is 4.90 Å². The van der Waals surface area contributed by atoms with Crippen LogP contribution in [-0.4, -0.2) is 54.3 Å². The van der Waals surface area contributed by atoms with E-state index in [1.54, 1.807) is 11.3 Å². The number of pyridine rings is 1.